The summed E-state index contributed by atoms with van der Waals surface area (Å²) in [5.74, 6) is -2.62. The van der Waals surface area contributed by atoms with Gasteiger partial charge in [-0.15, -0.1) is 0 Å². The van der Waals surface area contributed by atoms with Gasteiger partial charge < -0.3 is 38.1 Å². The molecule has 0 spiro atoms. The number of carbonyl (C=O) groups is 8. The number of amides is 5. The summed E-state index contributed by atoms with van der Waals surface area (Å²) in [5.41, 5.74) is 11.6. The molecule has 4 saturated carbocycles. The molecule has 11 aromatic carbocycles. The number of pyridine rings is 1. The zero-order valence-corrected chi connectivity index (χ0v) is 69.9. The number of fused-ring (bicyclic) bond motifs is 4. The van der Waals surface area contributed by atoms with Crippen molar-refractivity contribution in [2.24, 2.45) is 39.9 Å². The highest BCUT2D eigenvalue weighted by atomic mass is 16.5. The topological polar surface area (TPSA) is 346 Å². The molecule has 1 aromatic heterocycles. The number of para-hydroxylation sites is 1. The molecule has 0 radical (unpaired) electrons. The molecular formula is C99H100N6O19. The molecule has 4 fully saturated rings. The predicted molar refractivity (Wildman–Crippen MR) is 463 cm³/mol. The molecule has 124 heavy (non-hydrogen) atoms. The fraction of sp³-hybridized carbons (Fsp3) is 0.283. The highest BCUT2D eigenvalue weighted by Gasteiger charge is 2.68. The summed E-state index contributed by atoms with van der Waals surface area (Å²) >= 11 is 0. The first-order valence-corrected chi connectivity index (χ1v) is 41.0. The quantitative estimate of drug-likeness (QED) is 0.00934. The summed E-state index contributed by atoms with van der Waals surface area (Å²) in [4.78, 5) is 104. The van der Waals surface area contributed by atoms with E-state index in [1.54, 1.807) is 58.1 Å². The third kappa shape index (κ3) is 19.9. The van der Waals surface area contributed by atoms with Crippen molar-refractivity contribution in [2.45, 2.75) is 96.6 Å². The van der Waals surface area contributed by atoms with E-state index >= 15 is 0 Å². The van der Waals surface area contributed by atoms with Crippen LogP contribution in [-0.4, -0.2) is 126 Å². The lowest BCUT2D eigenvalue weighted by atomic mass is 9.91. The van der Waals surface area contributed by atoms with Crippen LogP contribution in [0.3, 0.4) is 0 Å². The number of hydroxylamine groups is 4. The lowest BCUT2D eigenvalue weighted by Crippen LogP contribution is -2.42. The summed E-state index contributed by atoms with van der Waals surface area (Å²) < 4.78 is 38.5. The summed E-state index contributed by atoms with van der Waals surface area (Å²) in [6.45, 7) is 7.38. The molecule has 12 aromatic rings. The maximum Gasteiger partial charge on any atom is 0.317 e. The fourth-order valence-electron chi connectivity index (χ4n) is 16.7. The summed E-state index contributed by atoms with van der Waals surface area (Å²) in [5, 5.41) is 44.0. The van der Waals surface area contributed by atoms with E-state index in [-0.39, 0.29) is 18.4 Å². The second-order valence-electron chi connectivity index (χ2n) is 32.2. The van der Waals surface area contributed by atoms with Crippen LogP contribution in [-0.2, 0) is 96.7 Å². The van der Waals surface area contributed by atoms with Crippen LogP contribution in [0.4, 0.5) is 0 Å². The fourth-order valence-corrected chi connectivity index (χ4v) is 16.7. The number of nitrogens with one attached hydrogen (secondary N) is 4. The Hall–Kier alpha value is -13.6. The summed E-state index contributed by atoms with van der Waals surface area (Å²) in [7, 11) is 5.65. The highest BCUT2D eigenvalue weighted by Crippen LogP contribution is 2.59. The van der Waals surface area contributed by atoms with Gasteiger partial charge in [-0.2, -0.15) is 0 Å². The van der Waals surface area contributed by atoms with Gasteiger partial charge in [-0.05, 0) is 204 Å². The second-order valence-corrected chi connectivity index (χ2v) is 32.2. The van der Waals surface area contributed by atoms with E-state index in [9.17, 15) is 38.4 Å². The van der Waals surface area contributed by atoms with Crippen LogP contribution in [0.25, 0.3) is 43.2 Å². The van der Waals surface area contributed by atoms with Crippen LogP contribution in [0.5, 0.6) is 28.7 Å². The van der Waals surface area contributed by atoms with Gasteiger partial charge in [-0.25, -0.2) is 21.9 Å². The van der Waals surface area contributed by atoms with E-state index in [0.717, 1.165) is 79.7 Å². The number of hydrogen-bond donors (Lipinski definition) is 8. The van der Waals surface area contributed by atoms with Crippen molar-refractivity contribution < 1.29 is 92.3 Å². The summed E-state index contributed by atoms with van der Waals surface area (Å²) in [6, 6.07) is 82.9. The monoisotopic (exact) mass is 1680 g/mol. The van der Waals surface area contributed by atoms with Crippen molar-refractivity contribution in [2.75, 3.05) is 41.6 Å². The average molecular weight is 1680 g/mol. The number of ether oxygens (including phenoxy) is 7. The Balaban J connectivity index is 0.000000142. The lowest BCUT2D eigenvalue weighted by molar-refractivity contribution is -0.150. The van der Waals surface area contributed by atoms with Crippen molar-refractivity contribution >= 4 is 90.7 Å². The van der Waals surface area contributed by atoms with Crippen LogP contribution in [0.2, 0.25) is 0 Å². The normalized spacial score (nSPS) is 19.7. The van der Waals surface area contributed by atoms with Crippen molar-refractivity contribution in [1.82, 2.24) is 31.8 Å². The largest absolute Gasteiger partial charge is 0.493 e. The van der Waals surface area contributed by atoms with Crippen molar-refractivity contribution in [3.8, 4) is 28.7 Å². The van der Waals surface area contributed by atoms with Gasteiger partial charge in [-0.1, -0.05) is 182 Å². The number of nitrogens with zero attached hydrogens (tertiary/aromatic N) is 2. The number of carbonyl (C=O) groups excluding carboxylic acids is 8. The molecule has 0 unspecified atom stereocenters. The van der Waals surface area contributed by atoms with Gasteiger partial charge >= 0.3 is 17.9 Å². The van der Waals surface area contributed by atoms with Gasteiger partial charge in [0, 0.05) is 42.6 Å². The van der Waals surface area contributed by atoms with E-state index in [4.69, 9.17) is 54.0 Å². The molecule has 640 valence electrons. The Labute approximate surface area is 717 Å². The van der Waals surface area contributed by atoms with E-state index in [1.807, 2.05) is 191 Å². The van der Waals surface area contributed by atoms with E-state index < -0.39 is 86.9 Å². The number of aromatic nitrogens is 1. The van der Waals surface area contributed by atoms with E-state index in [0.29, 0.717) is 75.4 Å². The molecule has 5 amide bonds. The zero-order chi connectivity index (χ0) is 87.9. The minimum absolute atomic E-state index is 0.0199. The molecule has 16 rings (SSSR count). The molecule has 0 aliphatic heterocycles. The van der Waals surface area contributed by atoms with Crippen LogP contribution >= 0.6 is 0 Å². The molecule has 8 atom stereocenters. The molecule has 1 heterocycles. The minimum Gasteiger partial charge on any atom is -0.493 e. The van der Waals surface area contributed by atoms with Gasteiger partial charge in [0.2, 0.25) is 29.5 Å². The molecule has 0 bridgehead atoms. The van der Waals surface area contributed by atoms with E-state index in [1.165, 1.54) is 54.0 Å². The highest BCUT2D eigenvalue weighted by molar-refractivity contribution is 5.99. The SMILES string of the molecule is COC(=O)[C@@]1(Cc2ccc(OCCc3ccc4ccccc4c3)cc2)C[C@@H]1C(=O)NO.COC(=O)[C@@]1(Cc2ccc(OCCc3cccc4ccccc34)cc2)C[C@@H]1C(=O)NO.COC(=O)[C@]1(c2cccc(Oc3ccc4ccccc4c3)c2)C[C@H]1C(=O)NO.Cc1cc(COc2ccc(C[C@]3(C(=O)N(C)C(C)C)C[C@@H]3C(=O)NO)cc2)c2ccccc2n1. The Morgan fingerprint density at radius 2 is 0.831 bits per heavy atom. The maximum atomic E-state index is 13.2. The Bertz CT molecular complexity index is 5880. The Kier molecular flexibility index (Phi) is 27.8. The van der Waals surface area contributed by atoms with E-state index in [2.05, 4.69) is 65.6 Å². The van der Waals surface area contributed by atoms with Gasteiger partial charge in [0.05, 0.1) is 80.0 Å². The lowest BCUT2D eigenvalue weighted by Gasteiger charge is -2.27. The van der Waals surface area contributed by atoms with Crippen LogP contribution < -0.4 is 40.9 Å². The number of benzene rings is 11. The molecular weight excluding hydrogens is 1580 g/mol. The predicted octanol–water partition coefficient (Wildman–Crippen LogP) is 15.0. The van der Waals surface area contributed by atoms with Gasteiger partial charge in [0.25, 0.3) is 0 Å². The van der Waals surface area contributed by atoms with Crippen LogP contribution in [0.1, 0.15) is 84.2 Å². The molecule has 25 nitrogen and oxygen atoms in total. The number of rotatable bonds is 29. The van der Waals surface area contributed by atoms with Crippen molar-refractivity contribution in [1.29, 1.82) is 0 Å². The van der Waals surface area contributed by atoms with Gasteiger partial charge in [0.15, 0.2) is 0 Å². The Morgan fingerprint density at radius 1 is 0.403 bits per heavy atom. The third-order valence-corrected chi connectivity index (χ3v) is 24.1. The number of methoxy groups -OCH3 is 3. The first kappa shape index (κ1) is 88.2. The summed E-state index contributed by atoms with van der Waals surface area (Å²) in [6.07, 6.45) is 4.17. The van der Waals surface area contributed by atoms with Crippen molar-refractivity contribution in [3.63, 3.8) is 0 Å². The Morgan fingerprint density at radius 3 is 1.38 bits per heavy atom. The number of aryl methyl sites for hydroxylation is 1. The number of esters is 3. The molecule has 0 saturated heterocycles. The first-order valence-electron chi connectivity index (χ1n) is 41.0. The average Bonchev–Trinajstić information content (AvgIpc) is 1.57. The van der Waals surface area contributed by atoms with Gasteiger partial charge in [0.1, 0.15) is 40.8 Å². The molecule has 4 aliphatic carbocycles. The smallest absolute Gasteiger partial charge is 0.317 e. The molecule has 4 aliphatic rings. The van der Waals surface area contributed by atoms with Crippen LogP contribution in [0.15, 0.2) is 255 Å². The zero-order valence-electron chi connectivity index (χ0n) is 69.9. The minimum atomic E-state index is -1.11. The van der Waals surface area contributed by atoms with Gasteiger partial charge in [-0.3, -0.25) is 64.2 Å². The standard InChI is InChI=1S/C27H31N3O4.2C25H25NO5.C22H19NO5/c1-17(2)30(4)26(32)27(15-23(27)25(31)29-33)14-19-9-11-21(12-10-19)34-16-20-13-18(3)28-24-8-6-5-7-22(20)24;1-30-24(28)25(16-22(25)23(27)26-29)15-17-9-11-20(12-10-17)31-14-13-19-7-4-6-18-5-2-3-8-21(18)19;1-30-24(28)25(16-22(25)23(27)26-29)15-18-7-10-21(11-8-18)31-13-12-17-6-9-19-4-2-3-5-20(19)14-17;1-27-21(25)22(13-19(22)20(24)23-26)16-7-4-8-17(12-16)28-18-10-9-14-5-2-3-6-15(14)11-18/h5-13,17,23,33H,14-16H2,1-4H3,(H,29,31);2-12,22,29H,13-16H2,1H3,(H,26,27);2-11,14,22,29H,12-13,15-16H2,1H3,(H,26,27);2-12,19,26H,13H2,1H3,(H,23,24)/t23-,27+;2*22-,25+;19-,22-/m1110/s1. The molecule has 25 heteroatoms. The third-order valence-electron chi connectivity index (χ3n) is 24.1. The second kappa shape index (κ2) is 39.1. The first-order chi connectivity index (χ1) is 59.9. The van der Waals surface area contributed by atoms with Crippen molar-refractivity contribution in [3.05, 3.63) is 299 Å². The number of hydrogen-bond acceptors (Lipinski definition) is 20. The molecule has 8 N–H and O–H groups in total. The maximum absolute atomic E-state index is 13.2. The van der Waals surface area contributed by atoms with Crippen LogP contribution in [0, 0.1) is 46.8 Å².